The number of guanidine groups is 1. The Morgan fingerprint density at radius 2 is 1.78 bits per heavy atom. The number of nitrogens with zero attached hydrogens (tertiary/aromatic N) is 2. The molecule has 23 heavy (non-hydrogen) atoms. The van der Waals surface area contributed by atoms with Gasteiger partial charge in [0, 0.05) is 32.9 Å². The maximum Gasteiger partial charge on any atom is 0.243 e. The molecule has 0 fully saturated rings. The number of aliphatic imine (C=N–C) groups is 1. The van der Waals surface area contributed by atoms with Crippen LogP contribution in [-0.2, 0) is 14.6 Å². The third-order valence-electron chi connectivity index (χ3n) is 2.85. The van der Waals surface area contributed by atoms with E-state index in [2.05, 4.69) is 29.5 Å². The molecule has 0 radical (unpaired) electrons. The van der Waals surface area contributed by atoms with Crippen molar-refractivity contribution in [2.24, 2.45) is 10.9 Å². The van der Waals surface area contributed by atoms with Crippen LogP contribution in [0.4, 0.5) is 0 Å². The molecule has 7 nitrogen and oxygen atoms in total. The highest BCUT2D eigenvalue weighted by molar-refractivity contribution is 14.0. The Kier molecular flexibility index (Phi) is 12.7. The molecule has 0 saturated heterocycles. The average molecular weight is 462 g/mol. The molecule has 0 spiro atoms. The van der Waals surface area contributed by atoms with Crippen LogP contribution in [0.15, 0.2) is 4.99 Å². The Morgan fingerprint density at radius 3 is 2.22 bits per heavy atom. The molecular weight excluding hydrogens is 431 g/mol. The number of sulfone groups is 1. The zero-order chi connectivity index (χ0) is 17.3. The highest BCUT2D eigenvalue weighted by atomic mass is 127. The first-order valence-electron chi connectivity index (χ1n) is 7.44. The van der Waals surface area contributed by atoms with Crippen LogP contribution in [0, 0.1) is 5.92 Å². The monoisotopic (exact) mass is 462 g/mol. The zero-order valence-corrected chi connectivity index (χ0v) is 18.1. The third-order valence-corrected chi connectivity index (χ3v) is 3.83. The van der Waals surface area contributed by atoms with Gasteiger partial charge in [-0.1, -0.05) is 13.8 Å². The molecule has 0 aromatic heterocycles. The number of halogens is 1. The molecule has 1 unspecified atom stereocenters. The van der Waals surface area contributed by atoms with Crippen molar-refractivity contribution in [3.8, 4) is 0 Å². The minimum absolute atomic E-state index is 0. The van der Waals surface area contributed by atoms with Gasteiger partial charge in [-0.2, -0.15) is 0 Å². The third kappa shape index (κ3) is 14.7. The van der Waals surface area contributed by atoms with Gasteiger partial charge in [0.25, 0.3) is 0 Å². The van der Waals surface area contributed by atoms with Gasteiger partial charge in [-0.3, -0.25) is 4.79 Å². The van der Waals surface area contributed by atoms with E-state index in [-0.39, 0.29) is 48.2 Å². The van der Waals surface area contributed by atoms with Crippen LogP contribution in [0.2, 0.25) is 0 Å². The topological polar surface area (TPSA) is 90.9 Å². The van der Waals surface area contributed by atoms with E-state index in [9.17, 15) is 13.2 Å². The molecule has 0 aromatic rings. The molecule has 1 amide bonds. The van der Waals surface area contributed by atoms with Crippen LogP contribution >= 0.6 is 24.0 Å². The fourth-order valence-corrected chi connectivity index (χ4v) is 2.22. The number of likely N-dealkylation sites (N-methyl/N-ethyl adjacent to an activating group) is 1. The van der Waals surface area contributed by atoms with Crippen LogP contribution in [0.5, 0.6) is 0 Å². The van der Waals surface area contributed by atoms with Gasteiger partial charge in [-0.05, 0) is 19.3 Å². The SMILES string of the molecule is CC(C)CNC(=NCC(=O)N(C)C)NC(C)CCS(C)(=O)=O.I. The van der Waals surface area contributed by atoms with E-state index in [4.69, 9.17) is 0 Å². The van der Waals surface area contributed by atoms with Crippen molar-refractivity contribution in [1.82, 2.24) is 15.5 Å². The lowest BCUT2D eigenvalue weighted by molar-refractivity contribution is -0.127. The van der Waals surface area contributed by atoms with Gasteiger partial charge in [-0.25, -0.2) is 13.4 Å². The number of carbonyl (C=O) groups is 1. The predicted octanol–water partition coefficient (Wildman–Crippen LogP) is 0.707. The van der Waals surface area contributed by atoms with Crippen molar-refractivity contribution < 1.29 is 13.2 Å². The molecule has 0 aliphatic heterocycles. The fourth-order valence-electron chi connectivity index (χ4n) is 1.44. The van der Waals surface area contributed by atoms with E-state index in [1.54, 1.807) is 14.1 Å². The molecule has 0 aliphatic rings. The number of rotatable bonds is 8. The van der Waals surface area contributed by atoms with Gasteiger partial charge in [0.2, 0.25) is 5.91 Å². The Hall–Kier alpha value is -0.580. The summed E-state index contributed by atoms with van der Waals surface area (Å²) in [7, 11) is 0.385. The first-order chi connectivity index (χ1) is 10.0. The second-order valence-electron chi connectivity index (χ2n) is 6.19. The molecule has 0 saturated carbocycles. The van der Waals surface area contributed by atoms with Crippen LogP contribution < -0.4 is 10.6 Å². The molecule has 2 N–H and O–H groups in total. The predicted molar refractivity (Wildman–Crippen MR) is 106 cm³/mol. The van der Waals surface area contributed by atoms with E-state index in [0.717, 1.165) is 6.54 Å². The molecule has 0 aromatic carbocycles. The van der Waals surface area contributed by atoms with E-state index >= 15 is 0 Å². The maximum atomic E-state index is 11.6. The van der Waals surface area contributed by atoms with Gasteiger partial charge in [0.15, 0.2) is 5.96 Å². The van der Waals surface area contributed by atoms with Crippen LogP contribution in [0.25, 0.3) is 0 Å². The van der Waals surface area contributed by atoms with Gasteiger partial charge in [-0.15, -0.1) is 24.0 Å². The minimum atomic E-state index is -2.98. The molecule has 9 heteroatoms. The zero-order valence-electron chi connectivity index (χ0n) is 14.9. The standard InChI is InChI=1S/C14H30N4O3S.HI/c1-11(2)9-15-14(16-10-13(19)18(4)5)17-12(3)7-8-22(6,20)21;/h11-12H,7-10H2,1-6H3,(H2,15,16,17);1H. The highest BCUT2D eigenvalue weighted by Crippen LogP contribution is 1.96. The second-order valence-corrected chi connectivity index (χ2v) is 8.45. The van der Waals surface area contributed by atoms with Crippen molar-refractivity contribution in [3.63, 3.8) is 0 Å². The van der Waals surface area contributed by atoms with E-state index in [1.807, 2.05) is 6.92 Å². The lowest BCUT2D eigenvalue weighted by Gasteiger charge is -2.19. The van der Waals surface area contributed by atoms with E-state index in [0.29, 0.717) is 18.3 Å². The van der Waals surface area contributed by atoms with Crippen LogP contribution in [0.3, 0.4) is 0 Å². The van der Waals surface area contributed by atoms with Crippen LogP contribution in [0.1, 0.15) is 27.2 Å². The summed E-state index contributed by atoms with van der Waals surface area (Å²) >= 11 is 0. The average Bonchev–Trinajstić information content (AvgIpc) is 2.38. The summed E-state index contributed by atoms with van der Waals surface area (Å²) in [4.78, 5) is 17.4. The lowest BCUT2D eigenvalue weighted by atomic mass is 10.2. The largest absolute Gasteiger partial charge is 0.356 e. The van der Waals surface area contributed by atoms with E-state index < -0.39 is 9.84 Å². The van der Waals surface area contributed by atoms with Gasteiger partial charge < -0.3 is 15.5 Å². The minimum Gasteiger partial charge on any atom is -0.356 e. The second kappa shape index (κ2) is 11.9. The molecule has 0 rings (SSSR count). The molecular formula is C14H31IN4O3S. The van der Waals surface area contributed by atoms with Crippen molar-refractivity contribution in [2.75, 3.05) is 39.2 Å². The molecule has 0 bridgehead atoms. The summed E-state index contributed by atoms with van der Waals surface area (Å²) in [6, 6.07) is -0.0532. The van der Waals surface area contributed by atoms with Gasteiger partial charge >= 0.3 is 0 Å². The first kappa shape index (κ1) is 24.7. The number of hydrogen-bond acceptors (Lipinski definition) is 4. The summed E-state index contributed by atoms with van der Waals surface area (Å²) in [5, 5.41) is 6.30. The fraction of sp³-hybridized carbons (Fsp3) is 0.857. The van der Waals surface area contributed by atoms with Gasteiger partial charge in [0.05, 0.1) is 5.75 Å². The van der Waals surface area contributed by atoms with Crippen molar-refractivity contribution in [1.29, 1.82) is 0 Å². The quantitative estimate of drug-likeness (QED) is 0.315. The maximum absolute atomic E-state index is 11.6. The Morgan fingerprint density at radius 1 is 1.22 bits per heavy atom. The van der Waals surface area contributed by atoms with Crippen molar-refractivity contribution in [3.05, 3.63) is 0 Å². The Balaban J connectivity index is 0. The smallest absolute Gasteiger partial charge is 0.243 e. The summed E-state index contributed by atoms with van der Waals surface area (Å²) in [6.45, 7) is 6.82. The Bertz CT molecular complexity index is 478. The highest BCUT2D eigenvalue weighted by Gasteiger charge is 2.11. The number of carbonyl (C=O) groups excluding carboxylic acids is 1. The Labute approximate surface area is 157 Å². The normalized spacial score (nSPS) is 13.3. The summed E-state index contributed by atoms with van der Waals surface area (Å²) < 4.78 is 22.4. The number of amides is 1. The van der Waals surface area contributed by atoms with E-state index in [1.165, 1.54) is 11.2 Å². The van der Waals surface area contributed by atoms with Crippen LogP contribution in [-0.4, -0.2) is 70.4 Å². The molecule has 0 aliphatic carbocycles. The first-order valence-corrected chi connectivity index (χ1v) is 9.50. The van der Waals surface area contributed by atoms with Gasteiger partial charge in [0.1, 0.15) is 16.4 Å². The lowest BCUT2D eigenvalue weighted by Crippen LogP contribution is -2.44. The number of nitrogens with one attached hydrogen (secondary N) is 2. The summed E-state index contributed by atoms with van der Waals surface area (Å²) in [5.74, 6) is 0.997. The number of hydrogen-bond donors (Lipinski definition) is 2. The molecule has 1 atom stereocenters. The van der Waals surface area contributed by atoms with Crippen molar-refractivity contribution in [2.45, 2.75) is 33.2 Å². The van der Waals surface area contributed by atoms with Crippen molar-refractivity contribution >= 4 is 45.7 Å². The summed E-state index contributed by atoms with van der Waals surface area (Å²) in [5.41, 5.74) is 0. The summed E-state index contributed by atoms with van der Waals surface area (Å²) in [6.07, 6.45) is 1.71. The molecule has 0 heterocycles. The molecule has 138 valence electrons.